The molecule has 0 spiro atoms. The maximum atomic E-state index is 13.9. The van der Waals surface area contributed by atoms with Crippen molar-refractivity contribution >= 4 is 11.6 Å². The van der Waals surface area contributed by atoms with Gasteiger partial charge in [-0.2, -0.15) is 0 Å². The quantitative estimate of drug-likeness (QED) is 0.840. The average Bonchev–Trinajstić information content (AvgIpc) is 2.38. The van der Waals surface area contributed by atoms with Gasteiger partial charge < -0.3 is 10.4 Å². The molecule has 2 N–H and O–H groups in total. The van der Waals surface area contributed by atoms with Crippen LogP contribution in [0.5, 0.6) is 0 Å². The van der Waals surface area contributed by atoms with Crippen molar-refractivity contribution in [3.05, 3.63) is 29.6 Å². The fourth-order valence-electron chi connectivity index (χ4n) is 1.62. The van der Waals surface area contributed by atoms with Crippen LogP contribution in [0, 0.1) is 29.0 Å². The van der Waals surface area contributed by atoms with Gasteiger partial charge in [-0.25, -0.2) is 4.39 Å². The van der Waals surface area contributed by atoms with Gasteiger partial charge in [0, 0.05) is 12.0 Å². The topological polar surface area (TPSA) is 49.3 Å². The highest BCUT2D eigenvalue weighted by Gasteiger charge is 2.22. The lowest BCUT2D eigenvalue weighted by Crippen LogP contribution is -2.24. The Morgan fingerprint density at radius 3 is 2.62 bits per heavy atom. The zero-order chi connectivity index (χ0) is 16.0. The van der Waals surface area contributed by atoms with Gasteiger partial charge in [0.05, 0.1) is 5.69 Å². The Morgan fingerprint density at radius 2 is 2.10 bits per heavy atom. The maximum Gasteiger partial charge on any atom is 0.224 e. The van der Waals surface area contributed by atoms with E-state index in [4.69, 9.17) is 5.11 Å². The average molecular weight is 291 g/mol. The van der Waals surface area contributed by atoms with Crippen LogP contribution < -0.4 is 5.32 Å². The number of amides is 1. The largest absolute Gasteiger partial charge is 0.384 e. The molecule has 1 aromatic carbocycles. The van der Waals surface area contributed by atoms with E-state index in [-0.39, 0.29) is 29.5 Å². The molecule has 1 rings (SSSR count). The van der Waals surface area contributed by atoms with Crippen LogP contribution >= 0.6 is 0 Å². The summed E-state index contributed by atoms with van der Waals surface area (Å²) in [5.74, 6) is 4.52. The molecule has 4 heteroatoms. The van der Waals surface area contributed by atoms with Gasteiger partial charge in [-0.15, -0.1) is 0 Å². The molecule has 0 aliphatic heterocycles. The lowest BCUT2D eigenvalue weighted by molar-refractivity contribution is -0.117. The number of nitrogens with one attached hydrogen (secondary N) is 1. The lowest BCUT2D eigenvalue weighted by atomic mass is 9.80. The number of aliphatic hydroxyl groups excluding tert-OH is 1. The van der Waals surface area contributed by atoms with Crippen LogP contribution in [0.4, 0.5) is 10.1 Å². The minimum Gasteiger partial charge on any atom is -0.384 e. The maximum absolute atomic E-state index is 13.9. The Hall–Kier alpha value is -1.86. The molecular formula is C17H22FNO2. The first-order valence-corrected chi connectivity index (χ1v) is 6.93. The van der Waals surface area contributed by atoms with E-state index >= 15 is 0 Å². The molecule has 0 bridgehead atoms. The normalized spacial score (nSPS) is 12.3. The van der Waals surface area contributed by atoms with Crippen LogP contribution in [-0.2, 0) is 4.79 Å². The smallest absolute Gasteiger partial charge is 0.224 e. The predicted octanol–water partition coefficient (Wildman–Crippen LogP) is 3.18. The van der Waals surface area contributed by atoms with Crippen molar-refractivity contribution < 1.29 is 14.3 Å². The molecule has 0 fully saturated rings. The summed E-state index contributed by atoms with van der Waals surface area (Å²) in [7, 11) is 0. The van der Waals surface area contributed by atoms with E-state index in [2.05, 4.69) is 37.9 Å². The third-order valence-corrected chi connectivity index (χ3v) is 3.52. The molecule has 0 aliphatic carbocycles. The number of anilines is 1. The number of hydrogen-bond donors (Lipinski definition) is 2. The van der Waals surface area contributed by atoms with E-state index in [0.29, 0.717) is 12.0 Å². The van der Waals surface area contributed by atoms with Crippen molar-refractivity contribution in [3.63, 3.8) is 0 Å². The van der Waals surface area contributed by atoms with Crippen LogP contribution in [0.2, 0.25) is 0 Å². The second-order valence-corrected chi connectivity index (χ2v) is 6.17. The standard InChI is InChI=1S/C17H22FNO2/c1-12(17(2,3)4)10-16(21)19-15-8-7-13(6-5-9-20)11-14(15)18/h7-8,11-12,20H,9-10H2,1-4H3,(H,19,21). The van der Waals surface area contributed by atoms with Gasteiger partial charge in [0.25, 0.3) is 0 Å². The Kier molecular flexibility index (Phi) is 5.92. The Balaban J connectivity index is 2.73. The minimum absolute atomic E-state index is 0.0274. The Labute approximate surface area is 125 Å². The third-order valence-electron chi connectivity index (χ3n) is 3.52. The zero-order valence-electron chi connectivity index (χ0n) is 13.0. The van der Waals surface area contributed by atoms with E-state index in [1.807, 2.05) is 6.92 Å². The van der Waals surface area contributed by atoms with E-state index < -0.39 is 5.82 Å². The van der Waals surface area contributed by atoms with Gasteiger partial charge in [-0.05, 0) is 29.5 Å². The summed E-state index contributed by atoms with van der Waals surface area (Å²) in [5.41, 5.74) is 0.637. The molecule has 1 unspecified atom stereocenters. The Bertz CT molecular complexity index is 564. The first-order valence-electron chi connectivity index (χ1n) is 6.93. The number of carbonyl (C=O) groups excluding carboxylic acids is 1. The number of halogens is 1. The van der Waals surface area contributed by atoms with E-state index in [1.54, 1.807) is 6.07 Å². The first kappa shape index (κ1) is 17.2. The highest BCUT2D eigenvalue weighted by molar-refractivity contribution is 5.91. The first-order chi connectivity index (χ1) is 9.74. The van der Waals surface area contributed by atoms with E-state index in [9.17, 15) is 9.18 Å². The summed E-state index contributed by atoms with van der Waals surface area (Å²) >= 11 is 0. The highest BCUT2D eigenvalue weighted by atomic mass is 19.1. The molecule has 0 radical (unpaired) electrons. The van der Waals surface area contributed by atoms with Crippen LogP contribution in [0.25, 0.3) is 0 Å². The zero-order valence-corrected chi connectivity index (χ0v) is 13.0. The van der Waals surface area contributed by atoms with Crippen LogP contribution in [0.3, 0.4) is 0 Å². The summed E-state index contributed by atoms with van der Waals surface area (Å²) < 4.78 is 13.9. The summed E-state index contributed by atoms with van der Waals surface area (Å²) in [5, 5.41) is 11.2. The SMILES string of the molecule is CC(CC(=O)Nc1ccc(C#CCO)cc1F)C(C)(C)C. The molecule has 1 aromatic rings. The second-order valence-electron chi connectivity index (χ2n) is 6.17. The lowest BCUT2D eigenvalue weighted by Gasteiger charge is -2.26. The van der Waals surface area contributed by atoms with Crippen molar-refractivity contribution in [2.75, 3.05) is 11.9 Å². The summed E-state index contributed by atoms with van der Waals surface area (Å²) in [6.07, 6.45) is 0.342. The van der Waals surface area contributed by atoms with Crippen molar-refractivity contribution in [1.82, 2.24) is 0 Å². The summed E-state index contributed by atoms with van der Waals surface area (Å²) in [6.45, 7) is 7.94. The van der Waals surface area contributed by atoms with Crippen LogP contribution in [-0.4, -0.2) is 17.6 Å². The van der Waals surface area contributed by atoms with Crippen LogP contribution in [0.1, 0.15) is 39.7 Å². The molecule has 0 aliphatic rings. The molecule has 21 heavy (non-hydrogen) atoms. The molecule has 0 aromatic heterocycles. The Morgan fingerprint density at radius 1 is 1.43 bits per heavy atom. The van der Waals surface area contributed by atoms with Gasteiger partial charge in [-0.1, -0.05) is 39.5 Å². The molecule has 1 amide bonds. The van der Waals surface area contributed by atoms with Crippen molar-refractivity contribution in [1.29, 1.82) is 0 Å². The molecule has 0 saturated heterocycles. The van der Waals surface area contributed by atoms with Crippen LogP contribution in [0.15, 0.2) is 18.2 Å². The molecule has 114 valence electrons. The fraction of sp³-hybridized carbons (Fsp3) is 0.471. The molecule has 1 atom stereocenters. The van der Waals surface area contributed by atoms with Gasteiger partial charge in [-0.3, -0.25) is 4.79 Å². The molecule has 0 saturated carbocycles. The van der Waals surface area contributed by atoms with E-state index in [1.165, 1.54) is 12.1 Å². The predicted molar refractivity (Wildman–Crippen MR) is 82.2 cm³/mol. The summed E-state index contributed by atoms with van der Waals surface area (Å²) in [6, 6.07) is 4.33. The third kappa shape index (κ3) is 5.57. The summed E-state index contributed by atoms with van der Waals surface area (Å²) in [4.78, 5) is 11.9. The van der Waals surface area contributed by atoms with Gasteiger partial charge in [0.15, 0.2) is 0 Å². The number of carbonyl (C=O) groups is 1. The second kappa shape index (κ2) is 7.24. The monoisotopic (exact) mass is 291 g/mol. The number of benzene rings is 1. The molecule has 3 nitrogen and oxygen atoms in total. The van der Waals surface area contributed by atoms with Gasteiger partial charge >= 0.3 is 0 Å². The minimum atomic E-state index is -0.531. The molecule has 0 heterocycles. The van der Waals surface area contributed by atoms with E-state index in [0.717, 1.165) is 0 Å². The highest BCUT2D eigenvalue weighted by Crippen LogP contribution is 2.28. The number of hydrogen-bond acceptors (Lipinski definition) is 2. The molecular weight excluding hydrogens is 269 g/mol. The number of aliphatic hydroxyl groups is 1. The number of rotatable bonds is 3. The van der Waals surface area contributed by atoms with Crippen molar-refractivity contribution in [3.8, 4) is 11.8 Å². The van der Waals surface area contributed by atoms with Crippen molar-refractivity contribution in [2.24, 2.45) is 11.3 Å². The fourth-order valence-corrected chi connectivity index (χ4v) is 1.62. The van der Waals surface area contributed by atoms with Gasteiger partial charge in [0.1, 0.15) is 12.4 Å². The van der Waals surface area contributed by atoms with Crippen molar-refractivity contribution in [2.45, 2.75) is 34.1 Å². The van der Waals surface area contributed by atoms with Gasteiger partial charge in [0.2, 0.25) is 5.91 Å².